The highest BCUT2D eigenvalue weighted by molar-refractivity contribution is 7.90. The van der Waals surface area contributed by atoms with Crippen LogP contribution in [-0.4, -0.2) is 26.4 Å². The van der Waals surface area contributed by atoms with Crippen LogP contribution in [0.3, 0.4) is 0 Å². The molecule has 72 valence electrons. The van der Waals surface area contributed by atoms with Crippen LogP contribution < -0.4 is 5.14 Å². The van der Waals surface area contributed by atoms with Crippen LogP contribution in [0.1, 0.15) is 26.7 Å². The van der Waals surface area contributed by atoms with Crippen molar-refractivity contribution in [3.8, 4) is 0 Å². The summed E-state index contributed by atoms with van der Waals surface area (Å²) in [6.07, 6.45) is 1.33. The average Bonchev–Trinajstić information content (AvgIpc) is 1.96. The Morgan fingerprint density at radius 3 is 2.33 bits per heavy atom. The highest BCUT2D eigenvalue weighted by Gasteiger charge is 2.22. The largest absolute Gasteiger partial charge is 0.296 e. The summed E-state index contributed by atoms with van der Waals surface area (Å²) in [6, 6.07) is 0. The fourth-order valence-corrected chi connectivity index (χ4v) is 2.16. The molecule has 0 fully saturated rings. The molecular weight excluding hydrogens is 176 g/mol. The normalized spacial score (nSPS) is 16.2. The van der Waals surface area contributed by atoms with Crippen molar-refractivity contribution in [1.82, 2.24) is 0 Å². The predicted octanol–water partition coefficient (Wildman–Crippen LogP) is 0.534. The first kappa shape index (κ1) is 11.6. The van der Waals surface area contributed by atoms with Crippen molar-refractivity contribution < 1.29 is 8.42 Å². The van der Waals surface area contributed by atoms with E-state index in [4.69, 9.17) is 5.14 Å². The van der Waals surface area contributed by atoms with E-state index in [0.717, 1.165) is 6.42 Å². The van der Waals surface area contributed by atoms with E-state index in [9.17, 15) is 8.42 Å². The minimum Gasteiger partial charge on any atom is -0.296 e. The van der Waals surface area contributed by atoms with Crippen molar-refractivity contribution >= 4 is 15.7 Å². The molecule has 0 bridgehead atoms. The lowest BCUT2D eigenvalue weighted by Gasteiger charge is -2.12. The maximum atomic E-state index is 11.0. The zero-order chi connectivity index (χ0) is 9.78. The van der Waals surface area contributed by atoms with Gasteiger partial charge in [-0.25, -0.2) is 13.6 Å². The van der Waals surface area contributed by atoms with E-state index >= 15 is 0 Å². The predicted molar refractivity (Wildman–Crippen MR) is 50.8 cm³/mol. The molecule has 0 aliphatic heterocycles. The first-order chi connectivity index (χ1) is 5.43. The van der Waals surface area contributed by atoms with E-state index in [0.29, 0.717) is 12.1 Å². The SMILES string of the molecule is CCCC(C(C)=NC)S(N)(=O)=O. The molecule has 0 rings (SSSR count). The van der Waals surface area contributed by atoms with Gasteiger partial charge in [0.25, 0.3) is 0 Å². The van der Waals surface area contributed by atoms with Crippen LogP contribution in [0, 0.1) is 0 Å². The van der Waals surface area contributed by atoms with Crippen LogP contribution in [0.5, 0.6) is 0 Å². The zero-order valence-electron chi connectivity index (χ0n) is 7.74. The minimum absolute atomic E-state index is 0.544. The third kappa shape index (κ3) is 3.32. The molecule has 0 radical (unpaired) electrons. The van der Waals surface area contributed by atoms with Crippen molar-refractivity contribution in [2.45, 2.75) is 31.9 Å². The van der Waals surface area contributed by atoms with Crippen molar-refractivity contribution in [3.63, 3.8) is 0 Å². The van der Waals surface area contributed by atoms with Gasteiger partial charge in [-0.1, -0.05) is 13.3 Å². The summed E-state index contributed by atoms with van der Waals surface area (Å²) in [5.41, 5.74) is 0.583. The van der Waals surface area contributed by atoms with Gasteiger partial charge in [-0.15, -0.1) is 0 Å². The van der Waals surface area contributed by atoms with Crippen molar-refractivity contribution in [2.24, 2.45) is 10.1 Å². The maximum Gasteiger partial charge on any atom is 0.217 e. The number of aliphatic imine (C=N–C) groups is 1. The number of nitrogens with two attached hydrogens (primary N) is 1. The lowest BCUT2D eigenvalue weighted by atomic mass is 10.2. The second-order valence-electron chi connectivity index (χ2n) is 2.73. The van der Waals surface area contributed by atoms with Gasteiger partial charge in [-0.2, -0.15) is 0 Å². The molecule has 0 aliphatic rings. The average molecular weight is 192 g/mol. The van der Waals surface area contributed by atoms with Crippen LogP contribution in [0.25, 0.3) is 0 Å². The molecule has 0 saturated heterocycles. The zero-order valence-corrected chi connectivity index (χ0v) is 8.56. The molecule has 0 aromatic heterocycles. The molecular formula is C7H16N2O2S. The van der Waals surface area contributed by atoms with Gasteiger partial charge >= 0.3 is 0 Å². The number of hydrogen-bond acceptors (Lipinski definition) is 3. The monoisotopic (exact) mass is 192 g/mol. The summed E-state index contributed by atoms with van der Waals surface area (Å²) in [5.74, 6) is 0. The van der Waals surface area contributed by atoms with Crippen LogP contribution in [-0.2, 0) is 10.0 Å². The van der Waals surface area contributed by atoms with E-state index in [1.807, 2.05) is 6.92 Å². The van der Waals surface area contributed by atoms with Gasteiger partial charge in [0.05, 0.1) is 0 Å². The Balaban J connectivity index is 4.69. The molecule has 2 N–H and O–H groups in total. The number of rotatable bonds is 4. The van der Waals surface area contributed by atoms with Gasteiger partial charge in [0.1, 0.15) is 5.25 Å². The van der Waals surface area contributed by atoms with Gasteiger partial charge in [-0.3, -0.25) is 4.99 Å². The smallest absolute Gasteiger partial charge is 0.217 e. The van der Waals surface area contributed by atoms with Crippen LogP contribution in [0.15, 0.2) is 4.99 Å². The number of sulfonamides is 1. The van der Waals surface area contributed by atoms with E-state index in [1.165, 1.54) is 0 Å². The summed E-state index contributed by atoms with van der Waals surface area (Å²) in [4.78, 5) is 3.83. The van der Waals surface area contributed by atoms with Crippen molar-refractivity contribution in [1.29, 1.82) is 0 Å². The van der Waals surface area contributed by atoms with Gasteiger partial charge < -0.3 is 0 Å². The minimum atomic E-state index is -3.47. The Morgan fingerprint density at radius 2 is 2.08 bits per heavy atom. The Bertz CT molecular complexity index is 257. The van der Waals surface area contributed by atoms with Crippen LogP contribution >= 0.6 is 0 Å². The molecule has 5 heteroatoms. The molecule has 0 aromatic carbocycles. The molecule has 0 aliphatic carbocycles. The Labute approximate surface area is 73.9 Å². The summed E-state index contributed by atoms with van der Waals surface area (Å²) in [5, 5.41) is 4.43. The summed E-state index contributed by atoms with van der Waals surface area (Å²) < 4.78 is 22.0. The van der Waals surface area contributed by atoms with Gasteiger partial charge in [0, 0.05) is 12.8 Å². The topological polar surface area (TPSA) is 72.5 Å². The lowest BCUT2D eigenvalue weighted by molar-refractivity contribution is 0.587. The molecule has 0 saturated carbocycles. The molecule has 4 nitrogen and oxygen atoms in total. The number of hydrogen-bond donors (Lipinski definition) is 1. The molecule has 0 aromatic rings. The summed E-state index contributed by atoms with van der Waals surface area (Å²) in [7, 11) is -1.90. The second-order valence-corrected chi connectivity index (χ2v) is 4.48. The lowest BCUT2D eigenvalue weighted by Crippen LogP contribution is -2.34. The third-order valence-corrected chi connectivity index (χ3v) is 3.14. The van der Waals surface area contributed by atoms with E-state index < -0.39 is 15.3 Å². The molecule has 0 heterocycles. The van der Waals surface area contributed by atoms with Crippen LogP contribution in [0.4, 0.5) is 0 Å². The molecule has 0 amide bonds. The first-order valence-corrected chi connectivity index (χ1v) is 5.49. The standard InChI is InChI=1S/C7H16N2O2S/c1-4-5-7(6(2)9-3)12(8,10)11/h7H,4-5H2,1-3H3,(H2,8,10,11). The van der Waals surface area contributed by atoms with Crippen LogP contribution in [0.2, 0.25) is 0 Å². The Morgan fingerprint density at radius 1 is 1.58 bits per heavy atom. The number of nitrogens with zero attached hydrogens (tertiary/aromatic N) is 1. The molecule has 0 spiro atoms. The maximum absolute atomic E-state index is 11.0. The highest BCUT2D eigenvalue weighted by Crippen LogP contribution is 2.07. The Kier molecular flexibility index (Phi) is 4.41. The van der Waals surface area contributed by atoms with Crippen molar-refractivity contribution in [2.75, 3.05) is 7.05 Å². The van der Waals surface area contributed by atoms with Gasteiger partial charge in [0.15, 0.2) is 0 Å². The van der Waals surface area contributed by atoms with Crippen molar-refractivity contribution in [3.05, 3.63) is 0 Å². The molecule has 1 atom stereocenters. The highest BCUT2D eigenvalue weighted by atomic mass is 32.2. The van der Waals surface area contributed by atoms with E-state index in [2.05, 4.69) is 4.99 Å². The Hall–Kier alpha value is -0.420. The van der Waals surface area contributed by atoms with E-state index in [-0.39, 0.29) is 0 Å². The van der Waals surface area contributed by atoms with Gasteiger partial charge in [-0.05, 0) is 13.3 Å². The number of primary sulfonamides is 1. The summed E-state index contributed by atoms with van der Waals surface area (Å²) >= 11 is 0. The molecule has 1 unspecified atom stereocenters. The fourth-order valence-electron chi connectivity index (χ4n) is 1.02. The molecule has 12 heavy (non-hydrogen) atoms. The third-order valence-electron chi connectivity index (χ3n) is 1.77. The van der Waals surface area contributed by atoms with E-state index in [1.54, 1.807) is 14.0 Å². The fraction of sp³-hybridized carbons (Fsp3) is 0.857. The van der Waals surface area contributed by atoms with Gasteiger partial charge in [0.2, 0.25) is 10.0 Å². The first-order valence-electron chi connectivity index (χ1n) is 3.88. The summed E-state index contributed by atoms with van der Waals surface area (Å²) in [6.45, 7) is 3.60. The second kappa shape index (κ2) is 4.57. The quantitative estimate of drug-likeness (QED) is 0.660.